The first kappa shape index (κ1) is 20.6. The molecule has 142 valence electrons. The lowest BCUT2D eigenvalue weighted by Gasteiger charge is -2.28. The number of nitrogens with zero attached hydrogens (tertiary/aromatic N) is 1. The minimum absolute atomic E-state index is 0.0360. The maximum absolute atomic E-state index is 13.2. The monoisotopic (exact) mass is 373 g/mol. The Morgan fingerprint density at radius 2 is 1.50 bits per heavy atom. The van der Waals surface area contributed by atoms with E-state index in [-0.39, 0.29) is 16.6 Å². The Balaban J connectivity index is 2.62. The van der Waals surface area contributed by atoms with E-state index in [2.05, 4.69) is 19.6 Å². The number of hydrogen-bond acceptors (Lipinski definition) is 3. The van der Waals surface area contributed by atoms with Gasteiger partial charge in [0.05, 0.1) is 5.03 Å². The van der Waals surface area contributed by atoms with Crippen molar-refractivity contribution in [3.05, 3.63) is 46.6 Å². The standard InChI is InChI=1S/C22H31NO2S/c1-8-9-23-13-15(12-18(23)26)19(24)14-10-16(21(2,3)4)20(25)17(11-14)22(5,6)7/h10-13,25-26H,8-9H2,1-7H3. The van der Waals surface area contributed by atoms with Crippen molar-refractivity contribution in [1.29, 1.82) is 0 Å². The summed E-state index contributed by atoms with van der Waals surface area (Å²) < 4.78 is 1.99. The zero-order valence-electron chi connectivity index (χ0n) is 17.0. The molecule has 1 aromatic carbocycles. The Kier molecular flexibility index (Phi) is 5.67. The first-order valence-electron chi connectivity index (χ1n) is 9.18. The fourth-order valence-corrected chi connectivity index (χ4v) is 3.41. The smallest absolute Gasteiger partial charge is 0.194 e. The number of phenols is 1. The minimum Gasteiger partial charge on any atom is -0.507 e. The first-order valence-corrected chi connectivity index (χ1v) is 9.62. The van der Waals surface area contributed by atoms with Crippen molar-refractivity contribution >= 4 is 18.4 Å². The first-order chi connectivity index (χ1) is 11.9. The van der Waals surface area contributed by atoms with Gasteiger partial charge in [-0.25, -0.2) is 0 Å². The van der Waals surface area contributed by atoms with E-state index in [9.17, 15) is 9.90 Å². The molecule has 0 atom stereocenters. The molecule has 0 aliphatic carbocycles. The van der Waals surface area contributed by atoms with Gasteiger partial charge < -0.3 is 9.67 Å². The fraction of sp³-hybridized carbons (Fsp3) is 0.500. The van der Waals surface area contributed by atoms with Crippen LogP contribution in [-0.2, 0) is 17.4 Å². The van der Waals surface area contributed by atoms with Crippen LogP contribution in [0.5, 0.6) is 5.75 Å². The number of phenolic OH excluding ortho intramolecular Hbond substituents is 1. The van der Waals surface area contributed by atoms with Crippen molar-refractivity contribution in [2.75, 3.05) is 0 Å². The number of thiol groups is 1. The van der Waals surface area contributed by atoms with Crippen LogP contribution in [-0.4, -0.2) is 15.5 Å². The number of carbonyl (C=O) groups is 1. The van der Waals surface area contributed by atoms with E-state index in [0.717, 1.165) is 29.1 Å². The number of aromatic nitrogens is 1. The molecule has 0 bridgehead atoms. The molecular formula is C22H31NO2S. The molecule has 4 heteroatoms. The lowest BCUT2D eigenvalue weighted by Crippen LogP contribution is -2.19. The quantitative estimate of drug-likeness (QED) is 0.532. The van der Waals surface area contributed by atoms with Crippen LogP contribution in [0.2, 0.25) is 0 Å². The maximum atomic E-state index is 13.2. The molecule has 0 radical (unpaired) electrons. The molecule has 2 aromatic rings. The summed E-state index contributed by atoms with van der Waals surface area (Å²) in [6.07, 6.45) is 2.85. The number of rotatable bonds is 4. The van der Waals surface area contributed by atoms with E-state index in [1.54, 1.807) is 0 Å². The Bertz CT molecular complexity index is 785. The molecular weight excluding hydrogens is 342 g/mol. The van der Waals surface area contributed by atoms with Crippen LogP contribution in [0.1, 0.15) is 81.9 Å². The lowest BCUT2D eigenvalue weighted by atomic mass is 9.78. The average molecular weight is 374 g/mol. The van der Waals surface area contributed by atoms with Crippen molar-refractivity contribution < 1.29 is 9.90 Å². The highest BCUT2D eigenvalue weighted by atomic mass is 32.1. The average Bonchev–Trinajstić information content (AvgIpc) is 2.86. The van der Waals surface area contributed by atoms with Crippen LogP contribution < -0.4 is 0 Å². The van der Waals surface area contributed by atoms with E-state index in [1.807, 2.05) is 70.5 Å². The number of ketones is 1. The summed E-state index contributed by atoms with van der Waals surface area (Å²) in [5.74, 6) is 0.256. The topological polar surface area (TPSA) is 42.2 Å². The molecule has 0 saturated carbocycles. The van der Waals surface area contributed by atoms with E-state index >= 15 is 0 Å². The third-order valence-corrected chi connectivity index (χ3v) is 4.97. The molecule has 0 unspecified atom stereocenters. The van der Waals surface area contributed by atoms with Crippen molar-refractivity contribution in [2.24, 2.45) is 0 Å². The fourth-order valence-electron chi connectivity index (χ4n) is 3.11. The molecule has 0 aliphatic heterocycles. The second kappa shape index (κ2) is 7.15. The van der Waals surface area contributed by atoms with Gasteiger partial charge in [-0.3, -0.25) is 4.79 Å². The highest BCUT2D eigenvalue weighted by Crippen LogP contribution is 2.40. The summed E-state index contributed by atoms with van der Waals surface area (Å²) in [6.45, 7) is 15.2. The molecule has 3 nitrogen and oxygen atoms in total. The zero-order valence-corrected chi connectivity index (χ0v) is 17.9. The van der Waals surface area contributed by atoms with Gasteiger partial charge in [-0.15, -0.1) is 12.6 Å². The van der Waals surface area contributed by atoms with E-state index in [1.165, 1.54) is 0 Å². The van der Waals surface area contributed by atoms with Crippen LogP contribution in [0.25, 0.3) is 0 Å². The van der Waals surface area contributed by atoms with E-state index in [4.69, 9.17) is 0 Å². The molecule has 0 amide bonds. The van der Waals surface area contributed by atoms with Crippen molar-refractivity contribution in [2.45, 2.75) is 77.3 Å². The number of carbonyl (C=O) groups excluding carboxylic acids is 1. The Hall–Kier alpha value is -1.68. The second-order valence-electron chi connectivity index (χ2n) is 9.03. The molecule has 1 heterocycles. The van der Waals surface area contributed by atoms with Gasteiger partial charge in [-0.2, -0.15) is 0 Å². The summed E-state index contributed by atoms with van der Waals surface area (Å²) in [5, 5.41) is 11.6. The molecule has 0 saturated heterocycles. The van der Waals surface area contributed by atoms with Gasteiger partial charge in [0.1, 0.15) is 5.75 Å². The largest absolute Gasteiger partial charge is 0.507 e. The van der Waals surface area contributed by atoms with Crippen molar-refractivity contribution in [3.63, 3.8) is 0 Å². The van der Waals surface area contributed by atoms with Gasteiger partial charge in [0.15, 0.2) is 5.78 Å². The lowest BCUT2D eigenvalue weighted by molar-refractivity contribution is 0.103. The summed E-state index contributed by atoms with van der Waals surface area (Å²) in [5.41, 5.74) is 2.32. The Morgan fingerprint density at radius 3 is 1.92 bits per heavy atom. The predicted octanol–water partition coefficient (Wildman–Crippen LogP) is 5.72. The number of benzene rings is 1. The van der Waals surface area contributed by atoms with Crippen LogP contribution >= 0.6 is 12.6 Å². The summed E-state index contributed by atoms with van der Waals surface area (Å²) in [4.78, 5) is 13.2. The molecule has 0 aliphatic rings. The SMILES string of the molecule is CCCn1cc(C(=O)c2cc(C(C)(C)C)c(O)c(C(C)(C)C)c2)cc1S. The van der Waals surface area contributed by atoms with Crippen molar-refractivity contribution in [3.8, 4) is 5.75 Å². The van der Waals surface area contributed by atoms with Gasteiger partial charge in [-0.05, 0) is 35.4 Å². The number of hydrogen-bond donors (Lipinski definition) is 2. The summed E-state index contributed by atoms with van der Waals surface area (Å²) >= 11 is 4.48. The van der Waals surface area contributed by atoms with Gasteiger partial charge in [-0.1, -0.05) is 48.5 Å². The third-order valence-electron chi connectivity index (χ3n) is 4.59. The molecule has 0 spiro atoms. The highest BCUT2D eigenvalue weighted by Gasteiger charge is 2.28. The van der Waals surface area contributed by atoms with Gasteiger partial charge in [0.25, 0.3) is 0 Å². The van der Waals surface area contributed by atoms with E-state index < -0.39 is 0 Å². The molecule has 2 rings (SSSR count). The maximum Gasteiger partial charge on any atom is 0.194 e. The highest BCUT2D eigenvalue weighted by molar-refractivity contribution is 7.80. The number of aryl methyl sites for hydroxylation is 1. The minimum atomic E-state index is -0.261. The van der Waals surface area contributed by atoms with E-state index in [0.29, 0.717) is 16.9 Å². The van der Waals surface area contributed by atoms with Gasteiger partial charge in [0, 0.05) is 35.0 Å². The van der Waals surface area contributed by atoms with Crippen LogP contribution in [0.3, 0.4) is 0 Å². The summed E-state index contributed by atoms with van der Waals surface area (Å²) in [7, 11) is 0. The third kappa shape index (κ3) is 4.17. The van der Waals surface area contributed by atoms with Gasteiger partial charge in [0.2, 0.25) is 0 Å². The molecule has 0 fully saturated rings. The van der Waals surface area contributed by atoms with Crippen LogP contribution in [0.15, 0.2) is 29.4 Å². The van der Waals surface area contributed by atoms with Gasteiger partial charge >= 0.3 is 0 Å². The van der Waals surface area contributed by atoms with Crippen LogP contribution in [0.4, 0.5) is 0 Å². The number of aromatic hydroxyl groups is 1. The Morgan fingerprint density at radius 1 is 1.00 bits per heavy atom. The second-order valence-corrected chi connectivity index (χ2v) is 9.49. The molecule has 26 heavy (non-hydrogen) atoms. The summed E-state index contributed by atoms with van der Waals surface area (Å²) in [6, 6.07) is 5.49. The van der Waals surface area contributed by atoms with Crippen molar-refractivity contribution in [1.82, 2.24) is 4.57 Å². The molecule has 1 N–H and O–H groups in total. The predicted molar refractivity (Wildman–Crippen MR) is 111 cm³/mol. The Labute approximate surface area is 162 Å². The zero-order chi connectivity index (χ0) is 19.9. The van der Waals surface area contributed by atoms with Crippen LogP contribution in [0, 0.1) is 0 Å². The molecule has 1 aromatic heterocycles. The normalized spacial score (nSPS) is 12.5.